The number of piperazine rings is 1. The lowest BCUT2D eigenvalue weighted by molar-refractivity contribution is -0.134. The Morgan fingerprint density at radius 2 is 1.97 bits per heavy atom. The number of hydrogen-bond acceptors (Lipinski definition) is 5. The highest BCUT2D eigenvalue weighted by molar-refractivity contribution is 5.85. The molecule has 1 saturated heterocycles. The molecule has 158 valence electrons. The second kappa shape index (κ2) is 9.73. The van der Waals surface area contributed by atoms with Gasteiger partial charge >= 0.3 is 0 Å². The molecular weight excluding hydrogens is 404 g/mol. The molecule has 3 aromatic rings. The van der Waals surface area contributed by atoms with E-state index >= 15 is 0 Å². The molecule has 1 amide bonds. The van der Waals surface area contributed by atoms with E-state index < -0.39 is 0 Å². The van der Waals surface area contributed by atoms with E-state index in [4.69, 9.17) is 4.74 Å². The van der Waals surface area contributed by atoms with E-state index in [-0.39, 0.29) is 36.3 Å². The lowest BCUT2D eigenvalue weighted by Crippen LogP contribution is -2.49. The molecule has 0 aliphatic carbocycles. The van der Waals surface area contributed by atoms with Crippen molar-refractivity contribution in [3.63, 3.8) is 0 Å². The predicted octanol–water partition coefficient (Wildman–Crippen LogP) is 2.39. The second-order valence-corrected chi connectivity index (χ2v) is 7.06. The molecule has 30 heavy (non-hydrogen) atoms. The molecule has 1 aliphatic heterocycles. The van der Waals surface area contributed by atoms with Crippen molar-refractivity contribution < 1.29 is 9.53 Å². The van der Waals surface area contributed by atoms with Gasteiger partial charge in [0.2, 0.25) is 5.91 Å². The van der Waals surface area contributed by atoms with Crippen LogP contribution in [-0.4, -0.2) is 47.1 Å². The van der Waals surface area contributed by atoms with Crippen LogP contribution in [0.25, 0.3) is 10.9 Å². The number of amides is 1. The topological polar surface area (TPSA) is 76.5 Å². The third-order valence-electron chi connectivity index (χ3n) is 5.36. The third kappa shape index (κ3) is 4.32. The zero-order chi connectivity index (χ0) is 20.2. The monoisotopic (exact) mass is 428 g/mol. The van der Waals surface area contributed by atoms with Gasteiger partial charge in [-0.15, -0.1) is 12.4 Å². The van der Waals surface area contributed by atoms with Crippen molar-refractivity contribution >= 4 is 29.2 Å². The van der Waals surface area contributed by atoms with Crippen LogP contribution in [0.2, 0.25) is 0 Å². The minimum absolute atomic E-state index is 0. The molecule has 1 fully saturated rings. The fraction of sp³-hybridized carbons (Fsp3) is 0.318. The fourth-order valence-corrected chi connectivity index (χ4v) is 3.85. The number of carbonyl (C=O) groups excluding carboxylic acids is 1. The van der Waals surface area contributed by atoms with Crippen molar-refractivity contribution in [2.45, 2.75) is 19.0 Å². The van der Waals surface area contributed by atoms with E-state index in [9.17, 15) is 9.59 Å². The number of benzene rings is 2. The summed E-state index contributed by atoms with van der Waals surface area (Å²) in [5, 5.41) is 3.92. The van der Waals surface area contributed by atoms with E-state index in [2.05, 4.69) is 10.3 Å². The summed E-state index contributed by atoms with van der Waals surface area (Å²) in [6, 6.07) is 14.9. The average Bonchev–Trinajstić information content (AvgIpc) is 2.78. The number of nitrogens with one attached hydrogen (secondary N) is 1. The van der Waals surface area contributed by atoms with Crippen LogP contribution in [0, 0.1) is 0 Å². The van der Waals surface area contributed by atoms with Gasteiger partial charge in [-0.05, 0) is 18.2 Å². The van der Waals surface area contributed by atoms with Gasteiger partial charge < -0.3 is 15.0 Å². The highest BCUT2D eigenvalue weighted by Gasteiger charge is 2.29. The van der Waals surface area contributed by atoms with Crippen LogP contribution in [-0.2, 0) is 11.3 Å². The largest absolute Gasteiger partial charge is 0.496 e. The molecule has 0 radical (unpaired) electrons. The molecule has 0 spiro atoms. The Morgan fingerprint density at radius 3 is 2.80 bits per heavy atom. The summed E-state index contributed by atoms with van der Waals surface area (Å²) in [6.07, 6.45) is 1.76. The van der Waals surface area contributed by atoms with Gasteiger partial charge in [0.05, 0.1) is 30.4 Å². The first-order valence-electron chi connectivity index (χ1n) is 9.76. The summed E-state index contributed by atoms with van der Waals surface area (Å²) in [7, 11) is 1.64. The lowest BCUT2D eigenvalue weighted by Gasteiger charge is -2.37. The molecule has 2 aromatic carbocycles. The van der Waals surface area contributed by atoms with Crippen molar-refractivity contribution in [1.29, 1.82) is 0 Å². The molecule has 0 bridgehead atoms. The molecule has 0 saturated carbocycles. The van der Waals surface area contributed by atoms with Gasteiger partial charge in [0.25, 0.3) is 5.56 Å². The number of hydrogen-bond donors (Lipinski definition) is 1. The first kappa shape index (κ1) is 21.8. The molecule has 1 unspecified atom stereocenters. The number of halogens is 1. The molecule has 1 aromatic heterocycles. The smallest absolute Gasteiger partial charge is 0.261 e. The minimum Gasteiger partial charge on any atom is -0.496 e. The number of carbonyl (C=O) groups is 1. The summed E-state index contributed by atoms with van der Waals surface area (Å²) in [5.74, 6) is 0.788. The summed E-state index contributed by atoms with van der Waals surface area (Å²) in [5.41, 5.74) is 1.53. The van der Waals surface area contributed by atoms with E-state index in [1.54, 1.807) is 13.2 Å². The van der Waals surface area contributed by atoms with Gasteiger partial charge in [-0.25, -0.2) is 4.98 Å². The van der Waals surface area contributed by atoms with E-state index in [1.165, 1.54) is 10.9 Å². The van der Waals surface area contributed by atoms with Crippen LogP contribution in [0.3, 0.4) is 0 Å². The maximum atomic E-state index is 13.1. The fourth-order valence-electron chi connectivity index (χ4n) is 3.85. The van der Waals surface area contributed by atoms with Gasteiger partial charge in [-0.3, -0.25) is 14.2 Å². The molecule has 1 atom stereocenters. The molecule has 2 heterocycles. The number of methoxy groups -OCH3 is 1. The van der Waals surface area contributed by atoms with Crippen LogP contribution >= 0.6 is 12.4 Å². The minimum atomic E-state index is -0.120. The van der Waals surface area contributed by atoms with Crippen molar-refractivity contribution in [3.8, 4) is 5.75 Å². The predicted molar refractivity (Wildman–Crippen MR) is 118 cm³/mol. The van der Waals surface area contributed by atoms with E-state index in [1.807, 2.05) is 47.4 Å². The van der Waals surface area contributed by atoms with Gasteiger partial charge in [-0.1, -0.05) is 30.3 Å². The van der Waals surface area contributed by atoms with Gasteiger partial charge in [0, 0.05) is 38.2 Å². The van der Waals surface area contributed by atoms with Gasteiger partial charge in [0.1, 0.15) is 5.75 Å². The van der Waals surface area contributed by atoms with Crippen LogP contribution in [0.4, 0.5) is 0 Å². The summed E-state index contributed by atoms with van der Waals surface area (Å²) >= 11 is 0. The number of nitrogens with zero attached hydrogens (tertiary/aromatic N) is 3. The summed E-state index contributed by atoms with van der Waals surface area (Å²) in [4.78, 5) is 31.9. The van der Waals surface area contributed by atoms with Crippen LogP contribution in [0.5, 0.6) is 5.75 Å². The molecule has 1 N–H and O–H groups in total. The Balaban J connectivity index is 0.00000256. The molecule has 8 heteroatoms. The number of ether oxygens (including phenoxy) is 1. The highest BCUT2D eigenvalue weighted by Crippen LogP contribution is 2.30. The Morgan fingerprint density at radius 1 is 1.20 bits per heavy atom. The number of para-hydroxylation sites is 2. The quantitative estimate of drug-likeness (QED) is 0.675. The van der Waals surface area contributed by atoms with E-state index in [0.717, 1.165) is 17.9 Å². The lowest BCUT2D eigenvalue weighted by atomic mass is 10.0. The number of fused-ring (bicyclic) bond motifs is 1. The van der Waals surface area contributed by atoms with Gasteiger partial charge in [0.15, 0.2) is 0 Å². The second-order valence-electron chi connectivity index (χ2n) is 7.06. The van der Waals surface area contributed by atoms with Crippen molar-refractivity contribution in [2.75, 3.05) is 26.7 Å². The number of aryl methyl sites for hydroxylation is 1. The molecule has 1 aliphatic rings. The maximum absolute atomic E-state index is 13.1. The van der Waals surface area contributed by atoms with Crippen molar-refractivity contribution in [1.82, 2.24) is 19.8 Å². The Hall–Kier alpha value is -2.90. The number of aromatic nitrogens is 2. The molecule has 4 rings (SSSR count). The standard InChI is InChI=1S/C22H24N4O3.ClH/c1-29-20-9-5-3-7-17(20)19-14-23-11-13-26(19)21(27)10-12-25-15-24-18-8-4-2-6-16(18)22(25)28;/h2-9,15,19,23H,10-14H2,1H3;1H. The first-order valence-corrected chi connectivity index (χ1v) is 9.76. The maximum Gasteiger partial charge on any atom is 0.261 e. The summed E-state index contributed by atoms with van der Waals surface area (Å²) < 4.78 is 7.01. The Kier molecular flexibility index (Phi) is 7.07. The first-order chi connectivity index (χ1) is 14.2. The molecule has 7 nitrogen and oxygen atoms in total. The molecular formula is C22H25ClN4O3. The van der Waals surface area contributed by atoms with Crippen LogP contribution in [0.1, 0.15) is 18.0 Å². The van der Waals surface area contributed by atoms with Crippen molar-refractivity contribution in [2.24, 2.45) is 0 Å². The van der Waals surface area contributed by atoms with Gasteiger partial charge in [-0.2, -0.15) is 0 Å². The highest BCUT2D eigenvalue weighted by atomic mass is 35.5. The van der Waals surface area contributed by atoms with Crippen LogP contribution < -0.4 is 15.6 Å². The van der Waals surface area contributed by atoms with E-state index in [0.29, 0.717) is 30.5 Å². The number of rotatable bonds is 5. The zero-order valence-corrected chi connectivity index (χ0v) is 17.6. The summed E-state index contributed by atoms with van der Waals surface area (Å²) in [6.45, 7) is 2.34. The van der Waals surface area contributed by atoms with Crippen molar-refractivity contribution in [3.05, 3.63) is 70.8 Å². The third-order valence-corrected chi connectivity index (χ3v) is 5.36. The zero-order valence-electron chi connectivity index (χ0n) is 16.8. The Labute approximate surface area is 181 Å². The average molecular weight is 429 g/mol. The normalized spacial score (nSPS) is 16.2. The van der Waals surface area contributed by atoms with Crippen LogP contribution in [0.15, 0.2) is 59.7 Å². The Bertz CT molecular complexity index is 1090. The SMILES string of the molecule is COc1ccccc1C1CNCCN1C(=O)CCn1cnc2ccccc2c1=O.Cl.